The molecule has 4 nitrogen and oxygen atoms in total. The van der Waals surface area contributed by atoms with Crippen LogP contribution in [0.5, 0.6) is 0 Å². The Kier molecular flexibility index (Phi) is 7.98. The summed E-state index contributed by atoms with van der Waals surface area (Å²) in [6.45, 7) is 0. The van der Waals surface area contributed by atoms with E-state index in [-0.39, 0.29) is 29.6 Å². The van der Waals surface area contributed by atoms with Crippen LogP contribution in [-0.4, -0.2) is 42.8 Å². The van der Waals surface area contributed by atoms with E-state index in [1.165, 1.54) is 4.74 Å². The van der Waals surface area contributed by atoms with Gasteiger partial charge in [-0.3, -0.25) is 4.74 Å². The number of halogens is 12. The fourth-order valence-corrected chi connectivity index (χ4v) is 0.749. The smallest absolute Gasteiger partial charge is 0.544 e. The van der Waals surface area contributed by atoms with E-state index in [1.54, 1.807) is 0 Å². The maximum atomic E-state index is 12.6. The van der Waals surface area contributed by atoms with Crippen molar-refractivity contribution in [2.45, 2.75) is 36.8 Å². The van der Waals surface area contributed by atoms with Crippen molar-refractivity contribution in [2.75, 3.05) is 0 Å². The average molecular weight is 400 g/mol. The molecule has 0 aromatic carbocycles. The zero-order valence-electron chi connectivity index (χ0n) is 10.7. The van der Waals surface area contributed by atoms with Gasteiger partial charge in [0.1, 0.15) is 5.97 Å². The number of alkyl halides is 12. The Morgan fingerprint density at radius 2 is 1.21 bits per heavy atom. The van der Waals surface area contributed by atoms with E-state index in [9.17, 15) is 62.6 Å². The fraction of sp³-hybridized carbons (Fsp3) is 0.857. The maximum absolute atomic E-state index is 12.6. The molecule has 0 spiro atoms. The molecule has 1 unspecified atom stereocenters. The first kappa shape index (κ1) is 25.8. The first-order chi connectivity index (χ1) is 9.78. The van der Waals surface area contributed by atoms with Crippen LogP contribution in [0.25, 0.3) is 0 Å². The van der Waals surface area contributed by atoms with Crippen LogP contribution in [0.3, 0.4) is 0 Å². The van der Waals surface area contributed by atoms with Crippen LogP contribution in [0.4, 0.5) is 52.7 Å². The van der Waals surface area contributed by atoms with Crippen molar-refractivity contribution >= 4 is 5.97 Å². The number of carbonyl (C=O) groups excluding carboxylic acids is 1. The molecule has 17 heteroatoms. The number of hydrogen-bond donors (Lipinski definition) is 0. The summed E-state index contributed by atoms with van der Waals surface area (Å²) in [6.07, 6.45) is -25.9. The third-order valence-electron chi connectivity index (χ3n) is 1.78. The van der Waals surface area contributed by atoms with Crippen LogP contribution < -0.4 is 34.7 Å². The quantitative estimate of drug-likeness (QED) is 0.409. The van der Waals surface area contributed by atoms with E-state index >= 15 is 0 Å². The van der Waals surface area contributed by atoms with Crippen molar-refractivity contribution in [1.82, 2.24) is 0 Å². The van der Waals surface area contributed by atoms with Crippen LogP contribution in [0.2, 0.25) is 0 Å². The predicted octanol–water partition coefficient (Wildman–Crippen LogP) is -0.955. The fourth-order valence-electron chi connectivity index (χ4n) is 0.749. The molecule has 1 atom stereocenters. The molecule has 0 aliphatic carbocycles. The minimum absolute atomic E-state index is 0. The van der Waals surface area contributed by atoms with Crippen LogP contribution in [0.15, 0.2) is 0 Å². The summed E-state index contributed by atoms with van der Waals surface area (Å²) in [5.41, 5.74) is 0. The van der Waals surface area contributed by atoms with E-state index in [2.05, 4.69) is 0 Å². The summed E-state index contributed by atoms with van der Waals surface area (Å²) in [4.78, 5) is 9.65. The second kappa shape index (κ2) is 7.43. The molecule has 0 N–H and O–H groups in total. The van der Waals surface area contributed by atoms with Crippen LogP contribution in [0, 0.1) is 0 Å². The van der Waals surface area contributed by atoms with Gasteiger partial charge in [-0.2, -0.15) is 35.1 Å². The third kappa shape index (κ3) is 5.53. The Balaban J connectivity index is 0. The zero-order valence-corrected chi connectivity index (χ0v) is 12.7. The molecule has 0 radical (unpaired) electrons. The number of carboxylic acid groups (broad SMARTS) is 1. The van der Waals surface area contributed by atoms with Crippen LogP contribution in [0.1, 0.15) is 0 Å². The summed E-state index contributed by atoms with van der Waals surface area (Å²) >= 11 is 0. The normalized spacial score (nSPS) is 15.7. The molecule has 0 saturated carbocycles. The molecule has 0 aliphatic heterocycles. The van der Waals surface area contributed by atoms with Crippen molar-refractivity contribution in [3.05, 3.63) is 0 Å². The molecule has 0 saturated heterocycles. The van der Waals surface area contributed by atoms with Crippen molar-refractivity contribution in [1.29, 1.82) is 0 Å². The average Bonchev–Trinajstić information content (AvgIpc) is 2.23. The first-order valence-electron chi connectivity index (χ1n) is 4.59. The maximum Gasteiger partial charge on any atom is 1.00 e. The molecular weight excluding hydrogens is 399 g/mol. The molecule has 0 amide bonds. The van der Waals surface area contributed by atoms with E-state index in [1.807, 2.05) is 4.74 Å². The van der Waals surface area contributed by atoms with E-state index in [0.29, 0.717) is 0 Å². The van der Waals surface area contributed by atoms with Crippen molar-refractivity contribution in [3.63, 3.8) is 0 Å². The molecule has 0 aromatic heterocycles. The number of carboxylic acids is 1. The van der Waals surface area contributed by atoms with E-state index in [0.717, 1.165) is 0 Å². The molecule has 0 heterocycles. The molecule has 0 bridgehead atoms. The summed E-state index contributed by atoms with van der Waals surface area (Å²) in [5, 5.41) is 9.65. The Morgan fingerprint density at radius 3 is 1.50 bits per heavy atom. The first-order valence-corrected chi connectivity index (χ1v) is 4.59. The number of aliphatic carboxylic acids is 1. The zero-order chi connectivity index (χ0) is 19.1. The third-order valence-corrected chi connectivity index (χ3v) is 1.78. The molecule has 0 aromatic rings. The SMILES string of the molecule is O=C([O-])C(F)(F)C(F)OC(F)(F)C(F)(F)C(F)(F)OC(F)(F)F.[Na+]. The minimum Gasteiger partial charge on any atom is -0.544 e. The standard InChI is InChI=1S/C7H2F12O4.Na/c8-1(3(9,10)2(20)21)22-5(13,14)4(11,12)6(15,16)23-7(17,18)19;/h1H,(H,20,21);/q;+1/p-1. The van der Waals surface area contributed by atoms with Gasteiger partial charge in [-0.05, 0) is 0 Å². The Labute approximate surface area is 145 Å². The van der Waals surface area contributed by atoms with Gasteiger partial charge in [-0.1, -0.05) is 0 Å². The largest absolute Gasteiger partial charge is 1.00 e. The molecular formula is C7HF12NaO4. The van der Waals surface area contributed by atoms with E-state index < -0.39 is 42.8 Å². The Hall–Kier alpha value is -0.450. The van der Waals surface area contributed by atoms with Gasteiger partial charge >= 0.3 is 60.0 Å². The van der Waals surface area contributed by atoms with Gasteiger partial charge in [-0.15, -0.1) is 13.2 Å². The Bertz CT molecular complexity index is 449. The Morgan fingerprint density at radius 1 is 0.833 bits per heavy atom. The predicted molar refractivity (Wildman–Crippen MR) is 37.9 cm³/mol. The van der Waals surface area contributed by atoms with Crippen LogP contribution in [-0.2, 0) is 14.3 Å². The molecule has 138 valence electrons. The molecule has 24 heavy (non-hydrogen) atoms. The van der Waals surface area contributed by atoms with Gasteiger partial charge in [0.25, 0.3) is 6.36 Å². The van der Waals surface area contributed by atoms with Gasteiger partial charge in [0.05, 0.1) is 0 Å². The van der Waals surface area contributed by atoms with Gasteiger partial charge in [0.2, 0.25) is 0 Å². The second-order valence-electron chi connectivity index (χ2n) is 3.50. The van der Waals surface area contributed by atoms with Gasteiger partial charge < -0.3 is 9.90 Å². The van der Waals surface area contributed by atoms with Gasteiger partial charge in [0, 0.05) is 0 Å². The number of rotatable bonds is 7. The summed E-state index contributed by atoms with van der Waals surface area (Å²) in [5.74, 6) is -17.1. The molecule has 0 rings (SSSR count). The van der Waals surface area contributed by atoms with Crippen molar-refractivity contribution in [3.8, 4) is 0 Å². The van der Waals surface area contributed by atoms with E-state index in [4.69, 9.17) is 0 Å². The van der Waals surface area contributed by atoms with Gasteiger partial charge in [-0.25, -0.2) is 9.13 Å². The van der Waals surface area contributed by atoms with Crippen molar-refractivity contribution < 1.29 is 102 Å². The summed E-state index contributed by atoms with van der Waals surface area (Å²) in [6, 6.07) is 0. The number of ether oxygens (including phenoxy) is 2. The molecule has 0 fully saturated rings. The summed E-state index contributed by atoms with van der Waals surface area (Å²) < 4.78 is 150. The van der Waals surface area contributed by atoms with Gasteiger partial charge in [0.15, 0.2) is 0 Å². The topological polar surface area (TPSA) is 58.6 Å². The monoisotopic (exact) mass is 400 g/mol. The number of carbonyl (C=O) groups is 1. The van der Waals surface area contributed by atoms with Crippen LogP contribution >= 0.6 is 0 Å². The minimum atomic E-state index is -7.33. The van der Waals surface area contributed by atoms with Crippen molar-refractivity contribution in [2.24, 2.45) is 0 Å². The summed E-state index contributed by atoms with van der Waals surface area (Å²) in [7, 11) is 0. The molecule has 0 aliphatic rings. The number of hydrogen-bond acceptors (Lipinski definition) is 4. The second-order valence-corrected chi connectivity index (χ2v) is 3.50.